The molecule has 180 valence electrons. The molecule has 2 aromatic carbocycles. The maximum absolute atomic E-state index is 13.2. The summed E-state index contributed by atoms with van der Waals surface area (Å²) in [5, 5.41) is 20.4. The van der Waals surface area contributed by atoms with Crippen LogP contribution >= 0.6 is 0 Å². The fourth-order valence-electron chi connectivity index (χ4n) is 4.42. The highest BCUT2D eigenvalue weighted by Gasteiger charge is 2.47. The molecule has 0 saturated carbocycles. The van der Waals surface area contributed by atoms with Crippen LogP contribution in [0.25, 0.3) is 0 Å². The lowest BCUT2D eigenvalue weighted by atomic mass is 10.0. The Bertz CT molecular complexity index is 1030. The Hall–Kier alpha value is -2.15. The molecule has 0 unspecified atom stereocenters. The number of aliphatic hydroxyl groups is 2. The van der Waals surface area contributed by atoms with E-state index < -0.39 is 46.8 Å². The summed E-state index contributed by atoms with van der Waals surface area (Å²) in [6, 6.07) is 10.2. The quantitative estimate of drug-likeness (QED) is 0.529. The zero-order chi connectivity index (χ0) is 23.6. The van der Waals surface area contributed by atoms with Crippen molar-refractivity contribution in [2.24, 2.45) is 0 Å². The molecular formula is C22H27F2N3O5S. The molecule has 3 N–H and O–H groups in total. The molecule has 0 radical (unpaired) electrons. The number of hydrogen-bond donors (Lipinski definition) is 3. The van der Waals surface area contributed by atoms with Crippen molar-refractivity contribution in [3.8, 4) is 0 Å². The zero-order valence-corrected chi connectivity index (χ0v) is 18.7. The van der Waals surface area contributed by atoms with E-state index in [0.717, 1.165) is 17.8 Å². The first-order chi connectivity index (χ1) is 15.8. The third-order valence-corrected chi connectivity index (χ3v) is 7.61. The van der Waals surface area contributed by atoms with Crippen LogP contribution in [0.5, 0.6) is 0 Å². The first-order valence-electron chi connectivity index (χ1n) is 10.7. The average molecular weight is 484 g/mol. The summed E-state index contributed by atoms with van der Waals surface area (Å²) in [5.41, 5.74) is 0.899. The van der Waals surface area contributed by atoms with E-state index >= 15 is 0 Å². The monoisotopic (exact) mass is 483 g/mol. The second-order valence-electron chi connectivity index (χ2n) is 8.18. The lowest BCUT2D eigenvalue weighted by molar-refractivity contribution is -0.0201. The average Bonchev–Trinajstić information content (AvgIpc) is 3.14. The number of ether oxygens (including phenoxy) is 1. The van der Waals surface area contributed by atoms with E-state index in [0.29, 0.717) is 26.2 Å². The number of nitrogens with one attached hydrogen (secondary N) is 1. The number of anilines is 1. The number of benzene rings is 2. The minimum Gasteiger partial charge on any atom is -0.394 e. The van der Waals surface area contributed by atoms with Crippen LogP contribution in [0.1, 0.15) is 0 Å². The fraction of sp³-hybridized carbons (Fsp3) is 0.455. The number of hydrogen-bond acceptors (Lipinski definition) is 7. The van der Waals surface area contributed by atoms with Gasteiger partial charge in [-0.1, -0.05) is 0 Å². The number of sulfonamides is 1. The Balaban J connectivity index is 1.42. The van der Waals surface area contributed by atoms with Gasteiger partial charge in [0.2, 0.25) is 10.0 Å². The minimum absolute atomic E-state index is 0.0781. The maximum atomic E-state index is 13.2. The Morgan fingerprint density at radius 1 is 0.939 bits per heavy atom. The van der Waals surface area contributed by atoms with Crippen molar-refractivity contribution in [3.05, 3.63) is 60.2 Å². The highest BCUT2D eigenvalue weighted by molar-refractivity contribution is 7.89. The predicted octanol–water partition coefficient (Wildman–Crippen LogP) is 0.555. The first-order valence-corrected chi connectivity index (χ1v) is 12.2. The van der Waals surface area contributed by atoms with Crippen molar-refractivity contribution in [1.82, 2.24) is 9.62 Å². The molecule has 2 saturated heterocycles. The minimum atomic E-state index is -3.91. The number of rotatable bonds is 7. The van der Waals surface area contributed by atoms with Gasteiger partial charge < -0.3 is 19.8 Å². The van der Waals surface area contributed by atoms with E-state index in [1.807, 2.05) is 4.90 Å². The van der Waals surface area contributed by atoms with Gasteiger partial charge in [0.15, 0.2) is 0 Å². The molecule has 4 rings (SSSR count). The molecule has 0 spiro atoms. The summed E-state index contributed by atoms with van der Waals surface area (Å²) < 4.78 is 59.8. The Labute approximate surface area is 191 Å². The van der Waals surface area contributed by atoms with Gasteiger partial charge in [0.05, 0.1) is 23.6 Å². The molecule has 33 heavy (non-hydrogen) atoms. The van der Waals surface area contributed by atoms with Gasteiger partial charge in [-0.25, -0.2) is 21.9 Å². The molecule has 2 aliphatic heterocycles. The van der Waals surface area contributed by atoms with E-state index in [-0.39, 0.29) is 17.3 Å². The SMILES string of the molecule is O=S(=O)(NC[C@H]1O[C@@H](CO)[C@@H](O)[C@@H]1N1CCN(c2ccc(F)cc2)CC1)c1ccc(F)cc1. The topological polar surface area (TPSA) is 102 Å². The largest absolute Gasteiger partial charge is 0.394 e. The van der Waals surface area contributed by atoms with E-state index in [2.05, 4.69) is 9.62 Å². The van der Waals surface area contributed by atoms with E-state index in [9.17, 15) is 27.4 Å². The third-order valence-electron chi connectivity index (χ3n) is 6.17. The second kappa shape index (κ2) is 10.00. The molecule has 0 aromatic heterocycles. The van der Waals surface area contributed by atoms with Crippen LogP contribution in [0.2, 0.25) is 0 Å². The van der Waals surface area contributed by atoms with Crippen LogP contribution in [0.4, 0.5) is 14.5 Å². The number of aliphatic hydroxyl groups excluding tert-OH is 2. The van der Waals surface area contributed by atoms with Crippen LogP contribution in [-0.4, -0.2) is 87.2 Å². The van der Waals surface area contributed by atoms with Crippen molar-refractivity contribution < 1.29 is 32.1 Å². The van der Waals surface area contributed by atoms with Crippen LogP contribution in [0, 0.1) is 11.6 Å². The van der Waals surface area contributed by atoms with Crippen molar-refractivity contribution in [3.63, 3.8) is 0 Å². The van der Waals surface area contributed by atoms with Gasteiger partial charge in [0.25, 0.3) is 0 Å². The Morgan fingerprint density at radius 3 is 2.09 bits per heavy atom. The summed E-state index contributed by atoms with van der Waals surface area (Å²) in [7, 11) is -3.91. The standard InChI is InChI=1S/C22H27F2N3O5S/c23-15-1-5-17(6-2-15)26-9-11-27(12-10-26)21-19(32-20(14-28)22(21)29)13-25-33(30,31)18-7-3-16(24)4-8-18/h1-8,19-22,25,28-29H,9-14H2/t19-,20+,21-,22-/m1/s1. The Morgan fingerprint density at radius 2 is 1.52 bits per heavy atom. The highest BCUT2D eigenvalue weighted by Crippen LogP contribution is 2.28. The van der Waals surface area contributed by atoms with Gasteiger partial charge in [-0.2, -0.15) is 0 Å². The lowest BCUT2D eigenvalue weighted by Crippen LogP contribution is -2.57. The molecular weight excluding hydrogens is 456 g/mol. The van der Waals surface area contributed by atoms with E-state index in [4.69, 9.17) is 4.74 Å². The van der Waals surface area contributed by atoms with Gasteiger partial charge in [0, 0.05) is 38.4 Å². The second-order valence-corrected chi connectivity index (χ2v) is 9.95. The van der Waals surface area contributed by atoms with Gasteiger partial charge in [-0.3, -0.25) is 4.90 Å². The van der Waals surface area contributed by atoms with Crippen LogP contribution < -0.4 is 9.62 Å². The van der Waals surface area contributed by atoms with Crippen LogP contribution in [0.15, 0.2) is 53.4 Å². The molecule has 0 bridgehead atoms. The third kappa shape index (κ3) is 5.34. The van der Waals surface area contributed by atoms with Crippen molar-refractivity contribution in [2.75, 3.05) is 44.2 Å². The van der Waals surface area contributed by atoms with Crippen molar-refractivity contribution >= 4 is 15.7 Å². The van der Waals surface area contributed by atoms with E-state index in [1.54, 1.807) is 12.1 Å². The summed E-state index contributed by atoms with van der Waals surface area (Å²) >= 11 is 0. The van der Waals surface area contributed by atoms with Gasteiger partial charge in [-0.15, -0.1) is 0 Å². The van der Waals surface area contributed by atoms with Gasteiger partial charge in [0.1, 0.15) is 23.8 Å². The molecule has 2 aliphatic rings. The smallest absolute Gasteiger partial charge is 0.240 e. The Kier molecular flexibility index (Phi) is 7.27. The van der Waals surface area contributed by atoms with Crippen LogP contribution in [-0.2, 0) is 14.8 Å². The molecule has 11 heteroatoms. The number of piperazine rings is 1. The lowest BCUT2D eigenvalue weighted by Gasteiger charge is -2.41. The summed E-state index contributed by atoms with van der Waals surface area (Å²) in [5.74, 6) is -0.841. The molecule has 0 amide bonds. The normalized spacial score (nSPS) is 26.6. The van der Waals surface area contributed by atoms with Crippen molar-refractivity contribution in [1.29, 1.82) is 0 Å². The highest BCUT2D eigenvalue weighted by atomic mass is 32.2. The molecule has 0 aliphatic carbocycles. The predicted molar refractivity (Wildman–Crippen MR) is 117 cm³/mol. The first kappa shape index (κ1) is 24.0. The molecule has 8 nitrogen and oxygen atoms in total. The number of nitrogens with zero attached hydrogens (tertiary/aromatic N) is 2. The van der Waals surface area contributed by atoms with Gasteiger partial charge >= 0.3 is 0 Å². The summed E-state index contributed by atoms with van der Waals surface area (Å²) in [4.78, 5) is 4.05. The molecule has 2 aromatic rings. The fourth-order valence-corrected chi connectivity index (χ4v) is 5.46. The summed E-state index contributed by atoms with van der Waals surface area (Å²) in [6.45, 7) is 1.90. The molecule has 4 atom stereocenters. The zero-order valence-electron chi connectivity index (χ0n) is 17.8. The van der Waals surface area contributed by atoms with E-state index in [1.165, 1.54) is 24.3 Å². The molecule has 2 heterocycles. The summed E-state index contributed by atoms with van der Waals surface area (Å²) in [6.07, 6.45) is -2.51. The number of halogens is 2. The van der Waals surface area contributed by atoms with Crippen molar-refractivity contribution in [2.45, 2.75) is 29.2 Å². The maximum Gasteiger partial charge on any atom is 0.240 e. The molecule has 2 fully saturated rings. The van der Waals surface area contributed by atoms with Crippen LogP contribution in [0.3, 0.4) is 0 Å². The van der Waals surface area contributed by atoms with Gasteiger partial charge in [-0.05, 0) is 48.5 Å².